The molecule has 3 aliphatic heterocycles. The Morgan fingerprint density at radius 1 is 0.972 bits per heavy atom. The quantitative estimate of drug-likeness (QED) is 0.274. The number of aryl methyl sites for hydroxylation is 1. The van der Waals surface area contributed by atoms with Gasteiger partial charge in [0.25, 0.3) is 0 Å². The number of aliphatic imine (C=N–C) groups is 1. The summed E-state index contributed by atoms with van der Waals surface area (Å²) >= 11 is 6.57. The fourth-order valence-corrected chi connectivity index (χ4v) is 5.32. The summed E-state index contributed by atoms with van der Waals surface area (Å²) in [6, 6.07) is 6.76. The van der Waals surface area contributed by atoms with Crippen LogP contribution in [-0.4, -0.2) is 28.7 Å². The van der Waals surface area contributed by atoms with Crippen LogP contribution in [0, 0.1) is 18.6 Å². The second kappa shape index (κ2) is 12.4. The van der Waals surface area contributed by atoms with Gasteiger partial charge in [0.15, 0.2) is 6.23 Å². The highest BCUT2D eigenvalue weighted by atomic mass is 79.9. The third-order valence-corrected chi connectivity index (χ3v) is 7.06. The van der Waals surface area contributed by atoms with Crippen LogP contribution in [0.3, 0.4) is 0 Å². The first-order valence-corrected chi connectivity index (χ1v) is 13.6. The lowest BCUT2D eigenvalue weighted by atomic mass is 10.1. The van der Waals surface area contributed by atoms with Gasteiger partial charge in [-0.15, -0.1) is 0 Å². The molecule has 0 bridgehead atoms. The van der Waals surface area contributed by atoms with Gasteiger partial charge >= 0.3 is 0 Å². The van der Waals surface area contributed by atoms with Crippen LogP contribution in [0.1, 0.15) is 62.1 Å². The van der Waals surface area contributed by atoms with E-state index in [0.717, 1.165) is 58.2 Å². The number of benzene rings is 2. The Morgan fingerprint density at radius 2 is 1.75 bits per heavy atom. The highest BCUT2D eigenvalue weighted by Gasteiger charge is 2.22. The minimum atomic E-state index is -0.237. The Kier molecular flexibility index (Phi) is 9.30. The average molecular weight is 625 g/mol. The van der Waals surface area contributed by atoms with Gasteiger partial charge in [-0.3, -0.25) is 4.99 Å². The summed E-state index contributed by atoms with van der Waals surface area (Å²) in [5, 5.41) is 5.04. The smallest absolute Gasteiger partial charge is 0.150 e. The van der Waals surface area contributed by atoms with E-state index in [1.165, 1.54) is 25.0 Å². The lowest BCUT2D eigenvalue weighted by Crippen LogP contribution is -2.19. The summed E-state index contributed by atoms with van der Waals surface area (Å²) in [7, 11) is 0. The number of fused-ring (bicyclic) bond motifs is 2. The highest BCUT2D eigenvalue weighted by Crippen LogP contribution is 2.31. The molecule has 6 rings (SSSR count). The van der Waals surface area contributed by atoms with E-state index >= 15 is 0 Å². The molecule has 36 heavy (non-hydrogen) atoms. The van der Waals surface area contributed by atoms with Crippen molar-refractivity contribution in [3.8, 4) is 0 Å². The van der Waals surface area contributed by atoms with Crippen LogP contribution in [0.15, 0.2) is 50.5 Å². The summed E-state index contributed by atoms with van der Waals surface area (Å²) in [4.78, 5) is 4.16. The normalized spacial score (nSPS) is 18.4. The van der Waals surface area contributed by atoms with Crippen LogP contribution < -0.4 is 0 Å². The second-order valence-corrected chi connectivity index (χ2v) is 10.7. The Labute approximate surface area is 226 Å². The van der Waals surface area contributed by atoms with E-state index in [4.69, 9.17) is 9.47 Å². The Bertz CT molecular complexity index is 1280. The van der Waals surface area contributed by atoms with Crippen molar-refractivity contribution in [1.29, 1.82) is 0 Å². The molecule has 1 unspecified atom stereocenters. The maximum absolute atomic E-state index is 14.0. The van der Waals surface area contributed by atoms with Gasteiger partial charge in [0.05, 0.1) is 36.0 Å². The number of rotatable bonds is 1. The van der Waals surface area contributed by atoms with Crippen LogP contribution >= 0.6 is 31.9 Å². The maximum atomic E-state index is 14.0. The Morgan fingerprint density at radius 3 is 2.39 bits per heavy atom. The largest absolute Gasteiger partial charge is 0.502 e. The third kappa shape index (κ3) is 6.42. The summed E-state index contributed by atoms with van der Waals surface area (Å²) in [5.74, 6) is -0.419. The molecular weight excluding hydrogens is 596 g/mol. The monoisotopic (exact) mass is 623 g/mol. The molecule has 1 fully saturated rings. The number of hydrogen-bond acceptors (Lipinski definition) is 4. The molecular formula is C27H29Br2F2N3O2. The van der Waals surface area contributed by atoms with Gasteiger partial charge in [-0.25, -0.2) is 13.5 Å². The van der Waals surface area contributed by atoms with Gasteiger partial charge in [-0.1, -0.05) is 31.9 Å². The van der Waals surface area contributed by atoms with Gasteiger partial charge in [0.1, 0.15) is 11.6 Å². The van der Waals surface area contributed by atoms with E-state index in [9.17, 15) is 8.78 Å². The van der Waals surface area contributed by atoms with E-state index in [1.807, 2.05) is 36.7 Å². The molecule has 0 aliphatic carbocycles. The van der Waals surface area contributed by atoms with E-state index in [0.29, 0.717) is 23.2 Å². The zero-order valence-electron chi connectivity index (χ0n) is 20.4. The van der Waals surface area contributed by atoms with Crippen molar-refractivity contribution in [2.75, 3.05) is 13.2 Å². The number of hydrogen-bond donors (Lipinski definition) is 0. The van der Waals surface area contributed by atoms with Crippen molar-refractivity contribution >= 4 is 48.5 Å². The molecule has 0 N–H and O–H groups in total. The van der Waals surface area contributed by atoms with Crippen molar-refractivity contribution < 1.29 is 18.3 Å². The molecule has 1 atom stereocenters. The minimum Gasteiger partial charge on any atom is -0.502 e. The highest BCUT2D eigenvalue weighted by molar-refractivity contribution is 9.10. The molecule has 1 saturated heterocycles. The first-order chi connectivity index (χ1) is 17.3. The van der Waals surface area contributed by atoms with E-state index in [-0.39, 0.29) is 17.9 Å². The summed E-state index contributed by atoms with van der Waals surface area (Å²) in [5.41, 5.74) is 3.96. The summed E-state index contributed by atoms with van der Waals surface area (Å²) in [6.07, 6.45) is 9.28. The summed E-state index contributed by atoms with van der Waals surface area (Å²) in [6.45, 7) is 5.94. The number of nitrogens with zero attached hydrogens (tertiary/aromatic N) is 3. The van der Waals surface area contributed by atoms with Crippen molar-refractivity contribution in [3.05, 3.63) is 74.0 Å². The van der Waals surface area contributed by atoms with Crippen LogP contribution in [-0.2, 0) is 16.0 Å². The molecule has 3 aliphatic rings. The van der Waals surface area contributed by atoms with Crippen LogP contribution in [0.4, 0.5) is 8.78 Å². The maximum Gasteiger partial charge on any atom is 0.150 e. The molecule has 2 aromatic carbocycles. The molecule has 1 aromatic heterocycles. The van der Waals surface area contributed by atoms with E-state index < -0.39 is 0 Å². The molecule has 5 nitrogen and oxygen atoms in total. The molecule has 3 aromatic rings. The molecule has 0 spiro atoms. The topological polar surface area (TPSA) is 48.6 Å². The van der Waals surface area contributed by atoms with Crippen molar-refractivity contribution in [2.45, 2.75) is 58.7 Å². The predicted octanol–water partition coefficient (Wildman–Crippen LogP) is 8.17. The number of halogens is 4. The summed E-state index contributed by atoms with van der Waals surface area (Å²) < 4.78 is 41.2. The average Bonchev–Trinajstić information content (AvgIpc) is 3.41. The van der Waals surface area contributed by atoms with Gasteiger partial charge in [-0.2, -0.15) is 5.10 Å². The first-order valence-electron chi connectivity index (χ1n) is 12.1. The molecule has 0 saturated carbocycles. The second-order valence-electron chi connectivity index (χ2n) is 8.84. The zero-order valence-corrected chi connectivity index (χ0v) is 23.5. The Hall–Kier alpha value is -2.10. The number of aromatic nitrogens is 2. The SMILES string of the molecule is C1=COCCC1.CC1=NCc2cc(Br)cc(F)c21.Cc1nn(C2CCCCO2)c2cc(Br)cc(F)c12. The van der Waals surface area contributed by atoms with E-state index in [1.54, 1.807) is 6.26 Å². The molecule has 0 radical (unpaired) electrons. The molecule has 192 valence electrons. The van der Waals surface area contributed by atoms with Gasteiger partial charge in [0.2, 0.25) is 0 Å². The molecule has 9 heteroatoms. The fourth-order valence-electron chi connectivity index (χ4n) is 4.43. The predicted molar refractivity (Wildman–Crippen MR) is 145 cm³/mol. The Balaban J connectivity index is 0.000000145. The van der Waals surface area contributed by atoms with Gasteiger partial charge in [0, 0.05) is 26.8 Å². The fraction of sp³-hybridized carbons (Fsp3) is 0.407. The van der Waals surface area contributed by atoms with Gasteiger partial charge in [-0.05, 0) is 81.9 Å². The van der Waals surface area contributed by atoms with E-state index in [2.05, 4.69) is 42.0 Å². The minimum absolute atomic E-state index is 0.0661. The van der Waals surface area contributed by atoms with Crippen LogP contribution in [0.25, 0.3) is 10.9 Å². The molecule has 0 amide bonds. The zero-order chi connectivity index (χ0) is 25.7. The lowest BCUT2D eigenvalue weighted by Gasteiger charge is -2.23. The lowest BCUT2D eigenvalue weighted by molar-refractivity contribution is -0.0368. The number of ether oxygens (including phenoxy) is 2. The van der Waals surface area contributed by atoms with Crippen molar-refractivity contribution in [1.82, 2.24) is 9.78 Å². The standard InChI is InChI=1S/C13H14BrFN2O.C9H7BrFN.C5H8O/c1-8-13-10(15)6-9(14)7-11(13)17(16-8)12-4-2-3-5-18-12;1-5-9-6(4-12-5)2-7(10)3-8(9)11;1-2-4-6-5-3-1/h6-7,12H,2-5H2,1H3;2-3H,4H2,1H3;2,4H,1,3,5H2. The van der Waals surface area contributed by atoms with Gasteiger partial charge < -0.3 is 9.47 Å². The van der Waals surface area contributed by atoms with Crippen molar-refractivity contribution in [2.24, 2.45) is 4.99 Å². The first kappa shape index (κ1) is 26.9. The van der Waals surface area contributed by atoms with Crippen LogP contribution in [0.2, 0.25) is 0 Å². The molecule has 4 heterocycles. The third-order valence-electron chi connectivity index (χ3n) is 6.14. The van der Waals surface area contributed by atoms with Crippen molar-refractivity contribution in [3.63, 3.8) is 0 Å². The van der Waals surface area contributed by atoms with Crippen LogP contribution in [0.5, 0.6) is 0 Å². The number of allylic oxidation sites excluding steroid dienone is 1.